The van der Waals surface area contributed by atoms with Crippen LogP contribution in [0.2, 0.25) is 0 Å². The van der Waals surface area contributed by atoms with Crippen molar-refractivity contribution in [3.05, 3.63) is 70.3 Å². The van der Waals surface area contributed by atoms with E-state index in [4.69, 9.17) is 9.47 Å². The second-order valence-corrected chi connectivity index (χ2v) is 7.67. The van der Waals surface area contributed by atoms with E-state index in [1.54, 1.807) is 49.5 Å². The Balaban J connectivity index is 1.46. The van der Waals surface area contributed by atoms with E-state index >= 15 is 0 Å². The van der Waals surface area contributed by atoms with Gasteiger partial charge in [0.15, 0.2) is 11.5 Å². The molecule has 5 rings (SSSR count). The van der Waals surface area contributed by atoms with Crippen molar-refractivity contribution in [3.8, 4) is 11.5 Å². The number of hydrogen-bond donors (Lipinski definition) is 1. The normalized spacial score (nSPS) is 20.6. The lowest BCUT2D eigenvalue weighted by atomic mass is 9.91. The molecule has 0 radical (unpaired) electrons. The number of amides is 3. The topological polar surface area (TPSA) is 102 Å². The first-order chi connectivity index (χ1) is 15.0. The van der Waals surface area contributed by atoms with Crippen LogP contribution in [0.3, 0.4) is 0 Å². The zero-order valence-electron chi connectivity index (χ0n) is 16.8. The van der Waals surface area contributed by atoms with Crippen LogP contribution in [0.5, 0.6) is 11.5 Å². The van der Waals surface area contributed by atoms with Gasteiger partial charge in [-0.1, -0.05) is 12.1 Å². The van der Waals surface area contributed by atoms with Gasteiger partial charge in [-0.05, 0) is 36.8 Å². The molecule has 0 spiro atoms. The molecule has 0 saturated carbocycles. The van der Waals surface area contributed by atoms with Crippen LogP contribution < -0.4 is 20.3 Å². The molecule has 0 bridgehead atoms. The molecule has 0 aliphatic carbocycles. The van der Waals surface area contributed by atoms with E-state index in [1.807, 2.05) is 0 Å². The minimum absolute atomic E-state index is 0.106. The third-order valence-corrected chi connectivity index (χ3v) is 5.54. The number of urea groups is 1. The van der Waals surface area contributed by atoms with Crippen LogP contribution in [0, 0.1) is 0 Å². The third kappa shape index (κ3) is 3.18. The number of nitrogens with one attached hydrogen (secondary N) is 1. The number of fused-ring (bicyclic) bond motifs is 2. The zero-order chi connectivity index (χ0) is 21.6. The summed E-state index contributed by atoms with van der Waals surface area (Å²) in [5.41, 5.74) is -0.180. The maximum Gasteiger partial charge on any atom is 0.325 e. The molecule has 1 unspecified atom stereocenters. The van der Waals surface area contributed by atoms with Gasteiger partial charge in [-0.15, -0.1) is 0 Å². The molecule has 1 fully saturated rings. The minimum Gasteiger partial charge on any atom is -0.490 e. The molecule has 3 aromatic rings. The summed E-state index contributed by atoms with van der Waals surface area (Å²) in [5, 5.41) is 2.77. The van der Waals surface area contributed by atoms with Crippen molar-refractivity contribution < 1.29 is 19.1 Å². The Bertz CT molecular complexity index is 1270. The number of benzene rings is 1. The van der Waals surface area contributed by atoms with Crippen molar-refractivity contribution in [1.82, 2.24) is 19.6 Å². The van der Waals surface area contributed by atoms with Crippen molar-refractivity contribution in [2.45, 2.75) is 25.4 Å². The molecule has 1 saturated heterocycles. The van der Waals surface area contributed by atoms with Crippen LogP contribution in [0.1, 0.15) is 24.6 Å². The van der Waals surface area contributed by atoms with Crippen molar-refractivity contribution >= 4 is 17.6 Å². The number of hydrogen-bond acceptors (Lipinski definition) is 6. The highest BCUT2D eigenvalue weighted by Gasteiger charge is 2.49. The molecule has 9 heteroatoms. The molecule has 4 heterocycles. The van der Waals surface area contributed by atoms with Crippen LogP contribution in [-0.2, 0) is 16.9 Å². The van der Waals surface area contributed by atoms with Crippen LogP contribution in [-0.4, -0.2) is 39.4 Å². The van der Waals surface area contributed by atoms with E-state index in [0.717, 1.165) is 11.3 Å². The standard InChI is InChI=1S/C22H20N4O5/c1-22(14-6-7-16-17(11-14)31-10-4-9-30-16)20(28)26(21(29)24-22)13-15-12-19(27)25-8-3-2-5-18(25)23-15/h2-3,5-8,11-12H,4,9-10,13H2,1H3,(H,24,29). The Morgan fingerprint density at radius 1 is 1.06 bits per heavy atom. The fourth-order valence-corrected chi connectivity index (χ4v) is 3.86. The summed E-state index contributed by atoms with van der Waals surface area (Å²) in [5.74, 6) is 0.724. The van der Waals surface area contributed by atoms with Crippen LogP contribution in [0.15, 0.2) is 53.5 Å². The highest BCUT2D eigenvalue weighted by molar-refractivity contribution is 6.07. The smallest absolute Gasteiger partial charge is 0.325 e. The summed E-state index contributed by atoms with van der Waals surface area (Å²) in [6.45, 7) is 2.62. The quantitative estimate of drug-likeness (QED) is 0.649. The zero-order valence-corrected chi connectivity index (χ0v) is 16.8. The average molecular weight is 420 g/mol. The summed E-state index contributed by atoms with van der Waals surface area (Å²) in [4.78, 5) is 43.8. The first kappa shape index (κ1) is 19.1. The van der Waals surface area contributed by atoms with E-state index < -0.39 is 17.5 Å². The predicted octanol–water partition coefficient (Wildman–Crippen LogP) is 1.82. The molecule has 158 valence electrons. The van der Waals surface area contributed by atoms with Crippen molar-refractivity contribution in [2.75, 3.05) is 13.2 Å². The number of carbonyl (C=O) groups is 2. The molecule has 2 aliphatic heterocycles. The number of pyridine rings is 1. The Morgan fingerprint density at radius 2 is 1.87 bits per heavy atom. The Hall–Kier alpha value is -3.88. The predicted molar refractivity (Wildman–Crippen MR) is 110 cm³/mol. The summed E-state index contributed by atoms with van der Waals surface area (Å²) in [7, 11) is 0. The van der Waals surface area contributed by atoms with E-state index in [9.17, 15) is 14.4 Å². The van der Waals surface area contributed by atoms with E-state index in [0.29, 0.717) is 41.6 Å². The van der Waals surface area contributed by atoms with Crippen molar-refractivity contribution in [1.29, 1.82) is 0 Å². The number of rotatable bonds is 3. The molecule has 3 amide bonds. The van der Waals surface area contributed by atoms with E-state index in [-0.39, 0.29) is 12.1 Å². The van der Waals surface area contributed by atoms with Gasteiger partial charge < -0.3 is 14.8 Å². The fraction of sp³-hybridized carbons (Fsp3) is 0.273. The summed E-state index contributed by atoms with van der Waals surface area (Å²) in [6, 6.07) is 11.2. The van der Waals surface area contributed by atoms with Gasteiger partial charge in [0.25, 0.3) is 11.5 Å². The van der Waals surface area contributed by atoms with Crippen LogP contribution >= 0.6 is 0 Å². The third-order valence-electron chi connectivity index (χ3n) is 5.54. The first-order valence-corrected chi connectivity index (χ1v) is 9.97. The van der Waals surface area contributed by atoms with E-state index in [1.165, 1.54) is 10.5 Å². The maximum absolute atomic E-state index is 13.3. The van der Waals surface area contributed by atoms with Crippen LogP contribution in [0.25, 0.3) is 5.65 Å². The summed E-state index contributed by atoms with van der Waals surface area (Å²) >= 11 is 0. The minimum atomic E-state index is -1.27. The molecule has 2 aromatic heterocycles. The van der Waals surface area contributed by atoms with E-state index in [2.05, 4.69) is 10.3 Å². The number of imide groups is 1. The summed E-state index contributed by atoms with van der Waals surface area (Å²) in [6.07, 6.45) is 2.38. The lowest BCUT2D eigenvalue weighted by Crippen LogP contribution is -2.40. The molecule has 31 heavy (non-hydrogen) atoms. The Morgan fingerprint density at radius 3 is 2.71 bits per heavy atom. The number of aromatic nitrogens is 2. The lowest BCUT2D eigenvalue weighted by molar-refractivity contribution is -0.131. The highest BCUT2D eigenvalue weighted by Crippen LogP contribution is 2.36. The number of carbonyl (C=O) groups excluding carboxylic acids is 2. The SMILES string of the molecule is CC1(c2ccc3c(c2)OCCCO3)NC(=O)N(Cc2cc(=O)n3ccccc3n2)C1=O. The highest BCUT2D eigenvalue weighted by atomic mass is 16.5. The molecule has 9 nitrogen and oxygen atoms in total. The second kappa shape index (κ2) is 7.12. The first-order valence-electron chi connectivity index (χ1n) is 9.97. The number of ether oxygens (including phenoxy) is 2. The maximum atomic E-state index is 13.3. The van der Waals surface area contributed by atoms with Gasteiger partial charge in [0.1, 0.15) is 11.2 Å². The molecular weight excluding hydrogens is 400 g/mol. The Kier molecular flexibility index (Phi) is 4.39. The lowest BCUT2D eigenvalue weighted by Gasteiger charge is -2.23. The monoisotopic (exact) mass is 420 g/mol. The molecule has 1 atom stereocenters. The second-order valence-electron chi connectivity index (χ2n) is 7.67. The molecule has 1 N–H and O–H groups in total. The fourth-order valence-electron chi connectivity index (χ4n) is 3.86. The molecule has 2 aliphatic rings. The molecule has 1 aromatic carbocycles. The van der Waals surface area contributed by atoms with Gasteiger partial charge in [-0.2, -0.15) is 0 Å². The number of nitrogens with zero attached hydrogens (tertiary/aromatic N) is 3. The van der Waals surface area contributed by atoms with Gasteiger partial charge in [0, 0.05) is 18.7 Å². The molecular formula is C22H20N4O5. The van der Waals surface area contributed by atoms with Gasteiger partial charge in [0.05, 0.1) is 25.5 Å². The summed E-state index contributed by atoms with van der Waals surface area (Å²) < 4.78 is 12.8. The van der Waals surface area contributed by atoms with Crippen molar-refractivity contribution in [3.63, 3.8) is 0 Å². The van der Waals surface area contributed by atoms with Gasteiger partial charge in [-0.25, -0.2) is 9.78 Å². The van der Waals surface area contributed by atoms with Gasteiger partial charge in [0.2, 0.25) is 0 Å². The van der Waals surface area contributed by atoms with Gasteiger partial charge >= 0.3 is 6.03 Å². The van der Waals surface area contributed by atoms with Gasteiger partial charge in [-0.3, -0.25) is 18.9 Å². The average Bonchev–Trinajstić information content (AvgIpc) is 2.93. The largest absolute Gasteiger partial charge is 0.490 e. The Labute approximate surface area is 177 Å². The van der Waals surface area contributed by atoms with Crippen LogP contribution in [0.4, 0.5) is 4.79 Å². The van der Waals surface area contributed by atoms with Crippen molar-refractivity contribution in [2.24, 2.45) is 0 Å².